The van der Waals surface area contributed by atoms with Crippen LogP contribution < -0.4 is 5.73 Å². The number of thioether (sulfide) groups is 1. The second kappa shape index (κ2) is 11.6. The molecule has 0 spiro atoms. The number of nitrogens with two attached hydrogens (primary N) is 1. The molecule has 218 valence electrons. The van der Waals surface area contributed by atoms with E-state index < -0.39 is 47.7 Å². The SMILES string of the molecule is Cc1c(C2CN(C(=O)C(C)(C)C)C(=O)C2C(F)(F)F)nn(C(=O)c2ccccc2Cl)c1SCc1ccc(CN)cc1. The molecular weight excluding hydrogens is 577 g/mol. The Hall–Kier alpha value is -3.15. The van der Waals surface area contributed by atoms with Crippen molar-refractivity contribution >= 4 is 41.1 Å². The smallest absolute Gasteiger partial charge is 0.326 e. The lowest BCUT2D eigenvalue weighted by Gasteiger charge is -2.24. The van der Waals surface area contributed by atoms with Gasteiger partial charge in [0.05, 0.1) is 16.3 Å². The average molecular weight is 607 g/mol. The number of rotatable bonds is 6. The number of aromatic nitrogens is 2. The van der Waals surface area contributed by atoms with Crippen molar-refractivity contribution in [1.29, 1.82) is 0 Å². The van der Waals surface area contributed by atoms with Gasteiger partial charge in [0, 0.05) is 35.7 Å². The number of alkyl halides is 3. The van der Waals surface area contributed by atoms with E-state index in [-0.39, 0.29) is 16.3 Å². The summed E-state index contributed by atoms with van der Waals surface area (Å²) in [6.45, 7) is 6.07. The molecule has 2 aromatic carbocycles. The van der Waals surface area contributed by atoms with Crippen molar-refractivity contribution in [2.24, 2.45) is 17.1 Å². The van der Waals surface area contributed by atoms with E-state index in [0.29, 0.717) is 27.8 Å². The number of halogens is 4. The van der Waals surface area contributed by atoms with Gasteiger partial charge >= 0.3 is 6.18 Å². The van der Waals surface area contributed by atoms with Crippen molar-refractivity contribution < 1.29 is 27.6 Å². The predicted molar refractivity (Wildman–Crippen MR) is 150 cm³/mol. The number of hydrogen-bond donors (Lipinski definition) is 1. The van der Waals surface area contributed by atoms with Crippen molar-refractivity contribution in [3.63, 3.8) is 0 Å². The molecule has 41 heavy (non-hydrogen) atoms. The molecule has 2 heterocycles. The van der Waals surface area contributed by atoms with E-state index in [1.54, 1.807) is 19.1 Å². The first kappa shape index (κ1) is 30.8. The molecule has 0 bridgehead atoms. The van der Waals surface area contributed by atoms with E-state index in [1.165, 1.54) is 44.7 Å². The zero-order valence-electron chi connectivity index (χ0n) is 23.0. The zero-order valence-corrected chi connectivity index (χ0v) is 24.5. The summed E-state index contributed by atoms with van der Waals surface area (Å²) in [5.74, 6) is -6.23. The molecule has 1 aromatic heterocycles. The summed E-state index contributed by atoms with van der Waals surface area (Å²) in [7, 11) is 0. The Morgan fingerprint density at radius 2 is 1.68 bits per heavy atom. The van der Waals surface area contributed by atoms with Crippen LogP contribution >= 0.6 is 23.4 Å². The topological polar surface area (TPSA) is 98.3 Å². The number of amides is 2. The maximum Gasteiger partial charge on any atom is 0.401 e. The van der Waals surface area contributed by atoms with E-state index >= 15 is 0 Å². The van der Waals surface area contributed by atoms with Crippen molar-refractivity contribution in [3.8, 4) is 0 Å². The molecular formula is C29H30ClF3N4O3S. The molecule has 1 fully saturated rings. The summed E-state index contributed by atoms with van der Waals surface area (Å²) >= 11 is 7.51. The van der Waals surface area contributed by atoms with Gasteiger partial charge in [0.15, 0.2) is 0 Å². The van der Waals surface area contributed by atoms with Crippen LogP contribution in [-0.2, 0) is 21.9 Å². The van der Waals surface area contributed by atoms with Crippen LogP contribution in [0.2, 0.25) is 5.02 Å². The zero-order chi connectivity index (χ0) is 30.3. The minimum absolute atomic E-state index is 0.0636. The Kier molecular flexibility index (Phi) is 8.73. The highest BCUT2D eigenvalue weighted by molar-refractivity contribution is 7.98. The molecule has 0 saturated carbocycles. The Labute approximate surface area is 245 Å². The molecule has 4 rings (SSSR count). The number of carbonyl (C=O) groups excluding carboxylic acids is 3. The van der Waals surface area contributed by atoms with Gasteiger partial charge in [0.25, 0.3) is 5.91 Å². The minimum Gasteiger partial charge on any atom is -0.326 e. The highest BCUT2D eigenvalue weighted by Gasteiger charge is 2.59. The summed E-state index contributed by atoms with van der Waals surface area (Å²) in [6.07, 6.45) is -4.93. The van der Waals surface area contributed by atoms with Crippen molar-refractivity contribution in [2.45, 2.75) is 57.1 Å². The number of likely N-dealkylation sites (tertiary alicyclic amines) is 1. The molecule has 2 N–H and O–H groups in total. The first-order valence-electron chi connectivity index (χ1n) is 12.9. The van der Waals surface area contributed by atoms with E-state index in [4.69, 9.17) is 17.3 Å². The highest BCUT2D eigenvalue weighted by Crippen LogP contribution is 2.46. The lowest BCUT2D eigenvalue weighted by molar-refractivity contribution is -0.184. The van der Waals surface area contributed by atoms with Crippen molar-refractivity contribution in [3.05, 3.63) is 81.5 Å². The maximum atomic E-state index is 14.3. The molecule has 3 aromatic rings. The molecule has 1 aliphatic rings. The largest absolute Gasteiger partial charge is 0.401 e. The van der Waals surface area contributed by atoms with Crippen LogP contribution in [0, 0.1) is 18.3 Å². The van der Waals surface area contributed by atoms with Crippen LogP contribution in [0.1, 0.15) is 59.4 Å². The Morgan fingerprint density at radius 1 is 1.07 bits per heavy atom. The van der Waals surface area contributed by atoms with Gasteiger partial charge in [0.1, 0.15) is 10.9 Å². The molecule has 7 nitrogen and oxygen atoms in total. The third-order valence-corrected chi connectivity index (χ3v) is 8.50. The van der Waals surface area contributed by atoms with Crippen LogP contribution in [0.4, 0.5) is 13.2 Å². The van der Waals surface area contributed by atoms with Crippen LogP contribution in [0.15, 0.2) is 53.6 Å². The summed E-state index contributed by atoms with van der Waals surface area (Å²) < 4.78 is 44.1. The monoisotopic (exact) mass is 606 g/mol. The molecule has 2 unspecified atom stereocenters. The number of hydrogen-bond acceptors (Lipinski definition) is 6. The molecule has 1 saturated heterocycles. The van der Waals surface area contributed by atoms with Crippen LogP contribution in [0.25, 0.3) is 0 Å². The van der Waals surface area contributed by atoms with Gasteiger partial charge in [-0.15, -0.1) is 11.8 Å². The minimum atomic E-state index is -4.93. The van der Waals surface area contributed by atoms with E-state index in [0.717, 1.165) is 15.8 Å². The van der Waals surface area contributed by atoms with E-state index in [1.807, 2.05) is 24.3 Å². The Bertz CT molecular complexity index is 1480. The van der Waals surface area contributed by atoms with Gasteiger partial charge in [0.2, 0.25) is 11.8 Å². The number of nitrogens with zero attached hydrogens (tertiary/aromatic N) is 3. The molecule has 2 atom stereocenters. The fourth-order valence-corrected chi connectivity index (χ4v) is 6.04. The third kappa shape index (κ3) is 6.22. The second-order valence-corrected chi connectivity index (χ2v) is 12.3. The van der Waals surface area contributed by atoms with Gasteiger partial charge in [-0.25, -0.2) is 0 Å². The molecule has 2 amide bonds. The third-order valence-electron chi connectivity index (χ3n) is 6.94. The number of benzene rings is 2. The normalized spacial score (nSPS) is 17.8. The summed E-state index contributed by atoms with van der Waals surface area (Å²) in [6, 6.07) is 13.8. The lowest BCUT2D eigenvalue weighted by Crippen LogP contribution is -2.43. The fourth-order valence-electron chi connectivity index (χ4n) is 4.76. The van der Waals surface area contributed by atoms with Crippen molar-refractivity contribution in [1.82, 2.24) is 14.7 Å². The Morgan fingerprint density at radius 3 is 2.24 bits per heavy atom. The summed E-state index contributed by atoms with van der Waals surface area (Å²) in [5, 5.41) is 4.86. The van der Waals surface area contributed by atoms with E-state index in [9.17, 15) is 27.6 Å². The second-order valence-electron chi connectivity index (χ2n) is 11.0. The van der Waals surface area contributed by atoms with Gasteiger partial charge < -0.3 is 5.73 Å². The number of imide groups is 1. The maximum absolute atomic E-state index is 14.3. The van der Waals surface area contributed by atoms with Crippen LogP contribution in [0.5, 0.6) is 0 Å². The van der Waals surface area contributed by atoms with E-state index in [2.05, 4.69) is 5.10 Å². The van der Waals surface area contributed by atoms with Crippen LogP contribution in [0.3, 0.4) is 0 Å². The highest BCUT2D eigenvalue weighted by atomic mass is 35.5. The van der Waals surface area contributed by atoms with Crippen molar-refractivity contribution in [2.75, 3.05) is 6.54 Å². The first-order chi connectivity index (χ1) is 19.1. The molecule has 1 aliphatic heterocycles. The predicted octanol–water partition coefficient (Wildman–Crippen LogP) is 5.96. The lowest BCUT2D eigenvalue weighted by atomic mass is 9.90. The van der Waals surface area contributed by atoms with Gasteiger partial charge in [-0.3, -0.25) is 19.3 Å². The average Bonchev–Trinajstić information content (AvgIpc) is 3.42. The summed E-state index contributed by atoms with van der Waals surface area (Å²) in [4.78, 5) is 40.3. The van der Waals surface area contributed by atoms with Crippen LogP contribution in [-0.4, -0.2) is 45.1 Å². The first-order valence-corrected chi connectivity index (χ1v) is 14.2. The molecule has 0 radical (unpaired) electrons. The summed E-state index contributed by atoms with van der Waals surface area (Å²) in [5.41, 5.74) is 6.83. The van der Waals surface area contributed by atoms with Gasteiger partial charge in [-0.1, -0.05) is 68.8 Å². The van der Waals surface area contributed by atoms with Gasteiger partial charge in [-0.2, -0.15) is 23.0 Å². The Balaban J connectivity index is 1.81. The fraction of sp³-hybridized carbons (Fsp3) is 0.379. The standard InChI is InChI=1S/C29H30ClF3N4O3S/c1-16-23(20-14-36(27(40)28(2,3)4)25(39)22(20)29(31,32)33)35-37(24(38)19-7-5-6-8-21(19)30)26(16)41-15-18-11-9-17(13-34)10-12-18/h5-12,20,22H,13-15,34H2,1-4H3. The number of carbonyl (C=O) groups is 3. The quantitative estimate of drug-likeness (QED) is 0.348. The van der Waals surface area contributed by atoms with Gasteiger partial charge in [-0.05, 0) is 30.2 Å². The molecule has 0 aliphatic carbocycles. The molecule has 12 heteroatoms.